The van der Waals surface area contributed by atoms with Crippen LogP contribution in [0.2, 0.25) is 0 Å². The van der Waals surface area contributed by atoms with Crippen LogP contribution >= 0.6 is 0 Å². The Morgan fingerprint density at radius 3 is 2.50 bits per heavy atom. The standard InChI is InChI=1S/C10H10N2O6S.Na/c13-9-5-6(10(14)15)11-12(9)7-3-1-2-4-8(7)19(16,17)18;/h1-4,6,11H,5H2,(H,14,15)(H,16,17,18);/q;+1/p-1. The number of carbonyl (C=O) groups excluding carboxylic acids is 2. The van der Waals surface area contributed by atoms with E-state index in [0.717, 1.165) is 11.1 Å². The monoisotopic (exact) mass is 308 g/mol. The van der Waals surface area contributed by atoms with Crippen LogP contribution in [-0.4, -0.2) is 30.9 Å². The summed E-state index contributed by atoms with van der Waals surface area (Å²) in [5.74, 6) is -2.11. The molecule has 0 aromatic heterocycles. The Morgan fingerprint density at radius 1 is 1.40 bits per heavy atom. The van der Waals surface area contributed by atoms with Gasteiger partial charge in [0.25, 0.3) is 10.1 Å². The minimum Gasteiger partial charge on any atom is -0.548 e. The molecule has 1 aromatic rings. The summed E-state index contributed by atoms with van der Waals surface area (Å²) in [6.45, 7) is 0. The van der Waals surface area contributed by atoms with Crippen molar-refractivity contribution in [2.75, 3.05) is 5.01 Å². The molecule has 2 N–H and O–H groups in total. The third-order valence-electron chi connectivity index (χ3n) is 2.58. The van der Waals surface area contributed by atoms with Crippen LogP contribution in [0.4, 0.5) is 5.69 Å². The number of hydrazine groups is 1. The van der Waals surface area contributed by atoms with Crippen LogP contribution in [0.5, 0.6) is 0 Å². The van der Waals surface area contributed by atoms with E-state index in [0.29, 0.717) is 0 Å². The van der Waals surface area contributed by atoms with Crippen molar-refractivity contribution in [2.24, 2.45) is 0 Å². The normalized spacial score (nSPS) is 18.8. The number of benzene rings is 1. The SMILES string of the molecule is O=C([O-])C1CC(=O)N(c2ccccc2S(=O)(=O)O)N1.[Na+]. The average Bonchev–Trinajstić information content (AvgIpc) is 2.70. The number of aliphatic carboxylic acids is 1. The summed E-state index contributed by atoms with van der Waals surface area (Å²) in [6.07, 6.45) is -0.359. The molecule has 10 heteroatoms. The van der Waals surface area contributed by atoms with Gasteiger partial charge in [-0.05, 0) is 12.1 Å². The Bertz CT molecular complexity index is 647. The molecule has 1 heterocycles. The molecule has 0 bridgehead atoms. The second-order valence-corrected chi connectivity index (χ2v) is 5.27. The molecular formula is C10H9N2NaO6S. The summed E-state index contributed by atoms with van der Waals surface area (Å²) in [6, 6.07) is 3.95. The number of hydrogen-bond acceptors (Lipinski definition) is 6. The van der Waals surface area contributed by atoms with Crippen molar-refractivity contribution in [3.63, 3.8) is 0 Å². The van der Waals surface area contributed by atoms with Crippen molar-refractivity contribution in [1.82, 2.24) is 5.43 Å². The van der Waals surface area contributed by atoms with Gasteiger partial charge in [0.05, 0.1) is 24.1 Å². The molecule has 0 spiro atoms. The van der Waals surface area contributed by atoms with Gasteiger partial charge in [0.2, 0.25) is 5.91 Å². The minimum atomic E-state index is -4.53. The second-order valence-electron chi connectivity index (χ2n) is 3.88. The zero-order valence-corrected chi connectivity index (χ0v) is 13.3. The van der Waals surface area contributed by atoms with Crippen LogP contribution in [0, 0.1) is 0 Å². The summed E-state index contributed by atoms with van der Waals surface area (Å²) in [5, 5.41) is 11.5. The van der Waals surface area contributed by atoms with Crippen LogP contribution in [-0.2, 0) is 19.7 Å². The van der Waals surface area contributed by atoms with Gasteiger partial charge < -0.3 is 9.90 Å². The number of amides is 1. The molecule has 1 saturated heterocycles. The summed E-state index contributed by atoms with van der Waals surface area (Å²) >= 11 is 0. The molecule has 1 unspecified atom stereocenters. The molecule has 1 amide bonds. The van der Waals surface area contributed by atoms with Crippen LogP contribution in [0.3, 0.4) is 0 Å². The fourth-order valence-electron chi connectivity index (χ4n) is 1.74. The van der Waals surface area contributed by atoms with E-state index >= 15 is 0 Å². The summed E-state index contributed by atoms with van der Waals surface area (Å²) < 4.78 is 31.5. The molecule has 1 atom stereocenters. The van der Waals surface area contributed by atoms with Gasteiger partial charge in [-0.2, -0.15) is 8.42 Å². The van der Waals surface area contributed by atoms with Gasteiger partial charge in [-0.1, -0.05) is 12.1 Å². The Hall–Kier alpha value is -0.970. The molecule has 2 rings (SSSR count). The zero-order valence-electron chi connectivity index (χ0n) is 10.4. The maximum Gasteiger partial charge on any atom is 1.00 e. The van der Waals surface area contributed by atoms with E-state index in [1.807, 2.05) is 0 Å². The minimum absolute atomic E-state index is 0. The largest absolute Gasteiger partial charge is 1.00 e. The fourth-order valence-corrected chi connectivity index (χ4v) is 2.41. The molecule has 0 aliphatic carbocycles. The summed E-state index contributed by atoms with van der Waals surface area (Å²) in [4.78, 5) is 21.9. The van der Waals surface area contributed by atoms with Gasteiger partial charge in [0.1, 0.15) is 4.90 Å². The van der Waals surface area contributed by atoms with E-state index in [1.165, 1.54) is 18.2 Å². The molecule has 1 aliphatic rings. The van der Waals surface area contributed by atoms with Gasteiger partial charge in [-0.3, -0.25) is 9.35 Å². The molecule has 1 aliphatic heterocycles. The Morgan fingerprint density at radius 2 is 2.00 bits per heavy atom. The molecular weight excluding hydrogens is 299 g/mol. The summed E-state index contributed by atoms with van der Waals surface area (Å²) in [5.41, 5.74) is 2.18. The predicted molar refractivity (Wildman–Crippen MR) is 60.3 cm³/mol. The molecule has 0 saturated carbocycles. The third-order valence-corrected chi connectivity index (χ3v) is 3.48. The zero-order chi connectivity index (χ0) is 14.2. The van der Waals surface area contributed by atoms with E-state index in [-0.39, 0.29) is 41.7 Å². The number of hydrogen-bond donors (Lipinski definition) is 2. The molecule has 0 radical (unpaired) electrons. The van der Waals surface area contributed by atoms with Crippen LogP contribution < -0.4 is 45.1 Å². The maximum atomic E-state index is 11.7. The van der Waals surface area contributed by atoms with Crippen molar-refractivity contribution < 1.29 is 57.2 Å². The first-order valence-corrected chi connectivity index (χ1v) is 6.61. The number of nitrogens with one attached hydrogen (secondary N) is 1. The number of para-hydroxylation sites is 1. The van der Waals surface area contributed by atoms with E-state index in [9.17, 15) is 23.1 Å². The van der Waals surface area contributed by atoms with Crippen molar-refractivity contribution >= 4 is 27.7 Å². The average molecular weight is 308 g/mol. The van der Waals surface area contributed by atoms with Crippen molar-refractivity contribution in [1.29, 1.82) is 0 Å². The smallest absolute Gasteiger partial charge is 0.548 e. The maximum absolute atomic E-state index is 11.7. The summed E-state index contributed by atoms with van der Waals surface area (Å²) in [7, 11) is -4.53. The first-order valence-electron chi connectivity index (χ1n) is 5.17. The first-order chi connectivity index (χ1) is 8.80. The van der Waals surface area contributed by atoms with Gasteiger partial charge in [-0.15, -0.1) is 0 Å². The molecule has 1 fully saturated rings. The van der Waals surface area contributed by atoms with E-state index in [4.69, 9.17) is 4.55 Å². The van der Waals surface area contributed by atoms with Gasteiger partial charge in [-0.25, -0.2) is 10.4 Å². The topological polar surface area (TPSA) is 127 Å². The van der Waals surface area contributed by atoms with Gasteiger partial charge in [0.15, 0.2) is 0 Å². The quantitative estimate of drug-likeness (QED) is 0.424. The van der Waals surface area contributed by atoms with Gasteiger partial charge in [0, 0.05) is 0 Å². The van der Waals surface area contributed by atoms with Gasteiger partial charge >= 0.3 is 29.6 Å². The van der Waals surface area contributed by atoms with Crippen molar-refractivity contribution in [3.05, 3.63) is 24.3 Å². The Balaban J connectivity index is 0.00000200. The molecule has 20 heavy (non-hydrogen) atoms. The Kier molecular flexibility index (Phi) is 5.30. The first kappa shape index (κ1) is 17.1. The Labute approximate surface area is 136 Å². The van der Waals surface area contributed by atoms with Crippen molar-refractivity contribution in [2.45, 2.75) is 17.4 Å². The fraction of sp³-hybridized carbons (Fsp3) is 0.200. The number of carbonyl (C=O) groups is 2. The van der Waals surface area contributed by atoms with E-state index in [2.05, 4.69) is 5.43 Å². The number of carboxylic acids is 1. The molecule has 1 aromatic carbocycles. The van der Waals surface area contributed by atoms with E-state index in [1.54, 1.807) is 0 Å². The predicted octanol–water partition coefficient (Wildman–Crippen LogP) is -4.70. The van der Waals surface area contributed by atoms with Crippen LogP contribution in [0.1, 0.15) is 6.42 Å². The second kappa shape index (κ2) is 6.20. The van der Waals surface area contributed by atoms with Crippen LogP contribution in [0.25, 0.3) is 0 Å². The molecule has 8 nitrogen and oxygen atoms in total. The number of anilines is 1. The molecule has 102 valence electrons. The van der Waals surface area contributed by atoms with Crippen LogP contribution in [0.15, 0.2) is 29.2 Å². The number of carboxylic acid groups (broad SMARTS) is 1. The number of rotatable bonds is 3. The van der Waals surface area contributed by atoms with E-state index < -0.39 is 32.9 Å². The third kappa shape index (κ3) is 3.37. The number of nitrogens with zero attached hydrogens (tertiary/aromatic N) is 1. The van der Waals surface area contributed by atoms with Crippen molar-refractivity contribution in [3.8, 4) is 0 Å².